The van der Waals surface area contributed by atoms with Crippen molar-refractivity contribution in [2.24, 2.45) is 0 Å². The van der Waals surface area contributed by atoms with Gasteiger partial charge in [0, 0.05) is 21.1 Å². The second kappa shape index (κ2) is 18.2. The van der Waals surface area contributed by atoms with Gasteiger partial charge in [0.2, 0.25) is 0 Å². The van der Waals surface area contributed by atoms with Crippen LogP contribution >= 0.6 is 23.3 Å². The van der Waals surface area contributed by atoms with E-state index in [0.717, 1.165) is 0 Å². The molecule has 0 unspecified atom stereocenters. The van der Waals surface area contributed by atoms with E-state index < -0.39 is 0 Å². The molecule has 4 heavy (non-hydrogen) atoms. The third kappa shape index (κ3) is 8.83. The van der Waals surface area contributed by atoms with Crippen molar-refractivity contribution < 1.29 is 52.0 Å². The minimum atomic E-state index is 0. The summed E-state index contributed by atoms with van der Waals surface area (Å²) >= 11 is 6.44. The Kier molecular flexibility index (Phi) is 73.5. The van der Waals surface area contributed by atoms with E-state index >= 15 is 0 Å². The molecule has 0 radical (unpaired) electrons. The number of hydrogen-bond acceptors (Lipinski definition) is 2. The van der Waals surface area contributed by atoms with Gasteiger partial charge in [-0.05, 0) is 0 Å². The van der Waals surface area contributed by atoms with Crippen LogP contribution in [0.15, 0.2) is 0 Å². The molecule has 0 saturated carbocycles. The van der Waals surface area contributed by atoms with E-state index in [1.165, 1.54) is 0 Å². The van der Waals surface area contributed by atoms with Crippen LogP contribution in [-0.2, 0) is 21.1 Å². The fraction of sp³-hybridized carbons (Fsp3) is 0. The van der Waals surface area contributed by atoms with E-state index in [4.69, 9.17) is 0 Å². The van der Waals surface area contributed by atoms with E-state index in [1.807, 2.05) is 0 Å². The van der Waals surface area contributed by atoms with Crippen molar-refractivity contribution in [3.05, 3.63) is 0 Å². The maximum Gasteiger partial charge on any atom is 1.00 e. The van der Waals surface area contributed by atoms with Crippen LogP contribution in [-0.4, -0.2) is 0 Å². The fourth-order valence-corrected chi connectivity index (χ4v) is 0. The van der Waals surface area contributed by atoms with Crippen LogP contribution in [0.2, 0.25) is 0 Å². The maximum atomic E-state index is 3.22. The summed E-state index contributed by atoms with van der Waals surface area (Å²) in [5, 5.41) is 0. The zero-order chi connectivity index (χ0) is 2.00. The van der Waals surface area contributed by atoms with Crippen LogP contribution in [0, 0.1) is 0 Å². The van der Waals surface area contributed by atoms with Gasteiger partial charge in [0.15, 0.2) is 0 Å². The van der Waals surface area contributed by atoms with Gasteiger partial charge in [0.1, 0.15) is 0 Å². The monoisotopic (exact) mass is 188 g/mol. The molecule has 0 amide bonds. The zero-order valence-corrected chi connectivity index (χ0v) is 8.10. The molecule has 0 aliphatic heterocycles. The summed E-state index contributed by atoms with van der Waals surface area (Å²) in [6.45, 7) is 0. The molecular formula is H3MoNaS2. The quantitative estimate of drug-likeness (QED) is 0.241. The minimum Gasteiger partial charge on any atom is -1.00 e. The van der Waals surface area contributed by atoms with Crippen LogP contribution in [0.4, 0.5) is 0 Å². The van der Waals surface area contributed by atoms with Gasteiger partial charge >= 0.3 is 29.6 Å². The Morgan fingerprint density at radius 2 is 1.25 bits per heavy atom. The Morgan fingerprint density at radius 3 is 1.25 bits per heavy atom. The predicted octanol–water partition coefficient (Wildman–Crippen LogP) is -2.12. The first-order valence-corrected chi connectivity index (χ1v) is 1.80. The molecule has 0 aromatic heterocycles. The van der Waals surface area contributed by atoms with E-state index in [-0.39, 0.29) is 52.0 Å². The Balaban J connectivity index is -0.00000000167. The smallest absolute Gasteiger partial charge is 1.00 e. The van der Waals surface area contributed by atoms with Gasteiger partial charge in [-0.15, -0.1) is 23.3 Å². The van der Waals surface area contributed by atoms with Gasteiger partial charge < -0.3 is 1.43 Å². The average molecular weight is 186 g/mol. The number of thiol groups is 2. The first-order valence-electron chi connectivity index (χ1n) is 0.200. The molecular weight excluding hydrogens is 183 g/mol. The molecule has 0 fully saturated rings. The summed E-state index contributed by atoms with van der Waals surface area (Å²) in [6.07, 6.45) is 0. The molecule has 0 aromatic carbocycles. The second-order valence-corrected chi connectivity index (χ2v) is 0. The van der Waals surface area contributed by atoms with E-state index in [9.17, 15) is 0 Å². The van der Waals surface area contributed by atoms with Gasteiger partial charge in [-0.25, -0.2) is 0 Å². The third-order valence-electron chi connectivity index (χ3n) is 0. The molecule has 0 spiro atoms. The SMILES string of the molecule is SS.[H-].[Mo].[Na+]. The minimum absolute atomic E-state index is 0. The molecule has 22 valence electrons. The number of hydrogen-bond donors (Lipinski definition) is 2. The van der Waals surface area contributed by atoms with Crippen LogP contribution in [0.3, 0.4) is 0 Å². The normalized spacial score (nSPS) is 1.50. The van der Waals surface area contributed by atoms with Crippen molar-refractivity contribution in [3.8, 4) is 0 Å². The van der Waals surface area contributed by atoms with Crippen molar-refractivity contribution in [1.29, 1.82) is 0 Å². The summed E-state index contributed by atoms with van der Waals surface area (Å²) < 4.78 is 0. The van der Waals surface area contributed by atoms with Crippen molar-refractivity contribution in [2.75, 3.05) is 0 Å². The van der Waals surface area contributed by atoms with Gasteiger partial charge in [0.25, 0.3) is 0 Å². The van der Waals surface area contributed by atoms with Crippen molar-refractivity contribution in [2.45, 2.75) is 0 Å². The van der Waals surface area contributed by atoms with E-state index in [2.05, 4.69) is 23.3 Å². The Bertz CT molecular complexity index is 9.61. The number of rotatable bonds is 0. The van der Waals surface area contributed by atoms with Crippen LogP contribution < -0.4 is 29.6 Å². The third-order valence-corrected chi connectivity index (χ3v) is 0. The van der Waals surface area contributed by atoms with E-state index in [1.54, 1.807) is 0 Å². The fourth-order valence-electron chi connectivity index (χ4n) is 0. The maximum absolute atomic E-state index is 3.22. The topological polar surface area (TPSA) is 0 Å². The van der Waals surface area contributed by atoms with Gasteiger partial charge in [-0.3, -0.25) is 0 Å². The first-order chi connectivity index (χ1) is 1.00. The molecule has 0 aliphatic rings. The Hall–Kier alpha value is 2.39. The molecule has 0 nitrogen and oxygen atoms in total. The molecule has 4 heteroatoms. The standard InChI is InChI=1S/Mo.Na.H2S2.H/c;;1-2;/h;;1-2H;/q;+1;;-1. The molecule has 0 N–H and O–H groups in total. The first kappa shape index (κ1) is 16.2. The van der Waals surface area contributed by atoms with Crippen molar-refractivity contribution in [1.82, 2.24) is 0 Å². The summed E-state index contributed by atoms with van der Waals surface area (Å²) in [4.78, 5) is 0. The summed E-state index contributed by atoms with van der Waals surface area (Å²) in [7, 11) is 0. The summed E-state index contributed by atoms with van der Waals surface area (Å²) in [5.74, 6) is 0. The zero-order valence-electron chi connectivity index (χ0n) is 3.30. The van der Waals surface area contributed by atoms with Gasteiger partial charge in [-0.1, -0.05) is 0 Å². The summed E-state index contributed by atoms with van der Waals surface area (Å²) in [6, 6.07) is 0. The molecule has 0 heterocycles. The molecule has 0 saturated heterocycles. The molecule has 0 rings (SSSR count). The van der Waals surface area contributed by atoms with Crippen molar-refractivity contribution in [3.63, 3.8) is 0 Å². The van der Waals surface area contributed by atoms with E-state index in [0.29, 0.717) is 0 Å². The molecule has 0 aromatic rings. The Morgan fingerprint density at radius 1 is 1.25 bits per heavy atom. The largest absolute Gasteiger partial charge is 1.00 e. The van der Waals surface area contributed by atoms with Gasteiger partial charge in [-0.2, -0.15) is 0 Å². The molecule has 0 aliphatic carbocycles. The summed E-state index contributed by atoms with van der Waals surface area (Å²) in [5.41, 5.74) is 0. The predicted molar refractivity (Wildman–Crippen MR) is 19.1 cm³/mol. The Labute approximate surface area is 74.4 Å². The van der Waals surface area contributed by atoms with Crippen LogP contribution in [0.5, 0.6) is 0 Å². The molecule has 0 bridgehead atoms. The van der Waals surface area contributed by atoms with Crippen molar-refractivity contribution >= 4 is 23.3 Å². The molecule has 0 atom stereocenters. The average Bonchev–Trinajstić information content (AvgIpc) is 1.00. The van der Waals surface area contributed by atoms with Crippen LogP contribution in [0.1, 0.15) is 1.43 Å². The van der Waals surface area contributed by atoms with Crippen LogP contribution in [0.25, 0.3) is 0 Å². The second-order valence-electron chi connectivity index (χ2n) is 0. The van der Waals surface area contributed by atoms with Gasteiger partial charge in [0.05, 0.1) is 0 Å².